The van der Waals surface area contributed by atoms with Crippen LogP contribution in [0.5, 0.6) is 0 Å². The van der Waals surface area contributed by atoms with Crippen LogP contribution in [0.4, 0.5) is 0 Å². The van der Waals surface area contributed by atoms with Crippen LogP contribution < -0.4 is 0 Å². The first-order valence-corrected chi connectivity index (χ1v) is 7.50. The van der Waals surface area contributed by atoms with E-state index in [1.165, 1.54) is 0 Å². The molecule has 0 spiro atoms. The molecule has 0 heterocycles. The Balaban J connectivity index is 3.73. The SMILES string of the molecule is CCCCCCCC(=O)CC(=O)OCC(=O)[C@H](O)CCO. The maximum absolute atomic E-state index is 11.5. The lowest BCUT2D eigenvalue weighted by molar-refractivity contribution is -0.152. The summed E-state index contributed by atoms with van der Waals surface area (Å²) in [6.45, 7) is 1.22. The van der Waals surface area contributed by atoms with Crippen molar-refractivity contribution >= 4 is 17.5 Å². The summed E-state index contributed by atoms with van der Waals surface area (Å²) in [4.78, 5) is 34.1. The van der Waals surface area contributed by atoms with Crippen molar-refractivity contribution in [3.8, 4) is 0 Å². The molecule has 0 radical (unpaired) electrons. The average Bonchev–Trinajstić information content (AvgIpc) is 2.44. The molecule has 0 aliphatic rings. The molecule has 0 aliphatic carbocycles. The highest BCUT2D eigenvalue weighted by atomic mass is 16.5. The minimum absolute atomic E-state index is 0.0902. The summed E-state index contributed by atoms with van der Waals surface area (Å²) in [7, 11) is 0. The van der Waals surface area contributed by atoms with Gasteiger partial charge < -0.3 is 14.9 Å². The summed E-state index contributed by atoms with van der Waals surface area (Å²) >= 11 is 0. The van der Waals surface area contributed by atoms with Crippen LogP contribution in [0.15, 0.2) is 0 Å². The molecule has 0 rings (SSSR count). The van der Waals surface area contributed by atoms with Gasteiger partial charge in [-0.05, 0) is 6.42 Å². The molecule has 0 bridgehead atoms. The smallest absolute Gasteiger partial charge is 0.313 e. The minimum atomic E-state index is -1.34. The monoisotopic (exact) mass is 302 g/mol. The highest BCUT2D eigenvalue weighted by Crippen LogP contribution is 2.07. The second-order valence-corrected chi connectivity index (χ2v) is 5.03. The molecule has 0 aromatic rings. The molecule has 0 saturated heterocycles. The number of hydrogen-bond acceptors (Lipinski definition) is 6. The quantitative estimate of drug-likeness (QED) is 0.301. The lowest BCUT2D eigenvalue weighted by atomic mass is 10.1. The molecule has 0 saturated carbocycles. The zero-order chi connectivity index (χ0) is 16.1. The van der Waals surface area contributed by atoms with Gasteiger partial charge in [0.05, 0.1) is 0 Å². The van der Waals surface area contributed by atoms with Crippen LogP contribution in [0.2, 0.25) is 0 Å². The number of ketones is 2. The van der Waals surface area contributed by atoms with Gasteiger partial charge in [-0.3, -0.25) is 14.4 Å². The molecule has 0 aromatic heterocycles. The fourth-order valence-corrected chi connectivity index (χ4v) is 1.76. The molecular weight excluding hydrogens is 276 g/mol. The van der Waals surface area contributed by atoms with Crippen molar-refractivity contribution in [2.24, 2.45) is 0 Å². The summed E-state index contributed by atoms with van der Waals surface area (Å²) in [6, 6.07) is 0. The van der Waals surface area contributed by atoms with Gasteiger partial charge >= 0.3 is 5.97 Å². The van der Waals surface area contributed by atoms with Crippen molar-refractivity contribution in [2.75, 3.05) is 13.2 Å². The summed E-state index contributed by atoms with van der Waals surface area (Å²) in [5.74, 6) is -1.62. The van der Waals surface area contributed by atoms with Crippen LogP contribution in [-0.4, -0.2) is 47.1 Å². The summed E-state index contributed by atoms with van der Waals surface area (Å²) in [5, 5.41) is 17.8. The van der Waals surface area contributed by atoms with Crippen molar-refractivity contribution in [1.29, 1.82) is 0 Å². The van der Waals surface area contributed by atoms with E-state index in [-0.39, 0.29) is 25.2 Å². The molecule has 0 aromatic carbocycles. The van der Waals surface area contributed by atoms with Gasteiger partial charge in [0, 0.05) is 19.4 Å². The first kappa shape index (κ1) is 19.7. The Morgan fingerprint density at radius 3 is 2.38 bits per heavy atom. The molecule has 0 aliphatic heterocycles. The number of esters is 1. The van der Waals surface area contributed by atoms with E-state index in [4.69, 9.17) is 5.11 Å². The summed E-state index contributed by atoms with van der Waals surface area (Å²) in [5.41, 5.74) is 0. The Kier molecular flexibility index (Phi) is 11.7. The van der Waals surface area contributed by atoms with Crippen molar-refractivity contribution < 1.29 is 29.3 Å². The maximum atomic E-state index is 11.5. The van der Waals surface area contributed by atoms with Crippen molar-refractivity contribution in [2.45, 2.75) is 64.4 Å². The topological polar surface area (TPSA) is 101 Å². The number of hydrogen-bond donors (Lipinski definition) is 2. The second-order valence-electron chi connectivity index (χ2n) is 5.03. The molecule has 0 amide bonds. The fourth-order valence-electron chi connectivity index (χ4n) is 1.76. The Morgan fingerprint density at radius 1 is 1.10 bits per heavy atom. The number of aliphatic hydroxyl groups is 2. The Morgan fingerprint density at radius 2 is 1.76 bits per heavy atom. The zero-order valence-electron chi connectivity index (χ0n) is 12.7. The third kappa shape index (κ3) is 11.1. The molecule has 1 atom stereocenters. The lowest BCUT2D eigenvalue weighted by Crippen LogP contribution is -2.27. The van der Waals surface area contributed by atoms with E-state index in [9.17, 15) is 19.5 Å². The van der Waals surface area contributed by atoms with Crippen LogP contribution in [0, 0.1) is 0 Å². The maximum Gasteiger partial charge on any atom is 0.313 e. The van der Waals surface area contributed by atoms with Crippen LogP contribution in [0.25, 0.3) is 0 Å². The molecule has 2 N–H and O–H groups in total. The zero-order valence-corrected chi connectivity index (χ0v) is 12.7. The van der Waals surface area contributed by atoms with E-state index in [1.807, 2.05) is 0 Å². The van der Waals surface area contributed by atoms with Crippen LogP contribution >= 0.6 is 0 Å². The average molecular weight is 302 g/mol. The Hall–Kier alpha value is -1.27. The van der Waals surface area contributed by atoms with Crippen LogP contribution in [-0.2, 0) is 19.1 Å². The first-order valence-electron chi connectivity index (χ1n) is 7.50. The molecule has 21 heavy (non-hydrogen) atoms. The van der Waals surface area contributed by atoms with Crippen LogP contribution in [0.3, 0.4) is 0 Å². The molecule has 0 fully saturated rings. The standard InChI is InChI=1S/C15H26O6/c1-2-3-4-5-6-7-12(17)10-15(20)21-11-14(19)13(18)8-9-16/h13,16,18H,2-11H2,1H3/t13-/m1/s1. The number of rotatable bonds is 13. The Labute approximate surface area is 125 Å². The van der Waals surface area contributed by atoms with E-state index in [1.54, 1.807) is 0 Å². The minimum Gasteiger partial charge on any atom is -0.457 e. The van der Waals surface area contributed by atoms with Gasteiger partial charge in [0.15, 0.2) is 12.4 Å². The number of ether oxygens (including phenoxy) is 1. The van der Waals surface area contributed by atoms with Gasteiger partial charge in [-0.1, -0.05) is 32.6 Å². The lowest BCUT2D eigenvalue weighted by Gasteiger charge is -2.08. The highest BCUT2D eigenvalue weighted by Gasteiger charge is 2.17. The fraction of sp³-hybridized carbons (Fsp3) is 0.800. The molecule has 6 heteroatoms. The van der Waals surface area contributed by atoms with Crippen LogP contribution in [0.1, 0.15) is 58.3 Å². The number of unbranched alkanes of at least 4 members (excludes halogenated alkanes) is 4. The summed E-state index contributed by atoms with van der Waals surface area (Å²) in [6.07, 6.45) is 3.69. The normalized spacial score (nSPS) is 12.0. The molecule has 122 valence electrons. The van der Waals surface area contributed by atoms with Crippen molar-refractivity contribution in [3.05, 3.63) is 0 Å². The number of carbonyl (C=O) groups excluding carboxylic acids is 3. The van der Waals surface area contributed by atoms with Gasteiger partial charge in [0.2, 0.25) is 0 Å². The third-order valence-corrected chi connectivity index (χ3v) is 3.05. The van der Waals surface area contributed by atoms with E-state index < -0.39 is 24.5 Å². The van der Waals surface area contributed by atoms with E-state index in [0.29, 0.717) is 6.42 Å². The second kappa shape index (κ2) is 12.5. The molecule has 0 unspecified atom stereocenters. The molecular formula is C15H26O6. The third-order valence-electron chi connectivity index (χ3n) is 3.05. The number of carbonyl (C=O) groups is 3. The van der Waals surface area contributed by atoms with E-state index >= 15 is 0 Å². The largest absolute Gasteiger partial charge is 0.457 e. The first-order chi connectivity index (χ1) is 10.0. The number of Topliss-reactive ketones (excluding diaryl/α,β-unsaturated/α-hetero) is 2. The predicted molar refractivity (Wildman–Crippen MR) is 76.7 cm³/mol. The van der Waals surface area contributed by atoms with E-state index in [0.717, 1.165) is 32.1 Å². The predicted octanol–water partition coefficient (Wildman–Crippen LogP) is 1.16. The molecule has 6 nitrogen and oxygen atoms in total. The van der Waals surface area contributed by atoms with Crippen molar-refractivity contribution in [1.82, 2.24) is 0 Å². The Bertz CT molecular complexity index is 326. The van der Waals surface area contributed by atoms with Crippen molar-refractivity contribution in [3.63, 3.8) is 0 Å². The van der Waals surface area contributed by atoms with Gasteiger partial charge in [-0.15, -0.1) is 0 Å². The summed E-state index contributed by atoms with van der Waals surface area (Å²) < 4.78 is 4.64. The highest BCUT2D eigenvalue weighted by molar-refractivity contribution is 5.96. The van der Waals surface area contributed by atoms with Gasteiger partial charge in [0.25, 0.3) is 0 Å². The van der Waals surface area contributed by atoms with Gasteiger partial charge in [-0.2, -0.15) is 0 Å². The van der Waals surface area contributed by atoms with Gasteiger partial charge in [0.1, 0.15) is 18.3 Å². The van der Waals surface area contributed by atoms with E-state index in [2.05, 4.69) is 11.7 Å². The number of aliphatic hydroxyl groups excluding tert-OH is 2. The van der Waals surface area contributed by atoms with Gasteiger partial charge in [-0.25, -0.2) is 0 Å².